The zero-order valence-corrected chi connectivity index (χ0v) is 15.2. The van der Waals surface area contributed by atoms with Gasteiger partial charge in [0.15, 0.2) is 0 Å². The topological polar surface area (TPSA) is 50.2 Å². The van der Waals surface area contributed by atoms with Gasteiger partial charge in [0.1, 0.15) is 5.69 Å². The van der Waals surface area contributed by atoms with Gasteiger partial charge in [-0.05, 0) is 50.1 Å². The number of piperidine rings is 2. The van der Waals surface area contributed by atoms with Crippen molar-refractivity contribution in [2.24, 2.45) is 11.8 Å². The van der Waals surface area contributed by atoms with Crippen molar-refractivity contribution in [2.45, 2.75) is 58.4 Å². The molecule has 0 saturated carbocycles. The highest BCUT2D eigenvalue weighted by Gasteiger charge is 2.25. The molecule has 1 N–H and O–H groups in total. The Labute approximate surface area is 145 Å². The molecule has 2 fully saturated rings. The van der Waals surface area contributed by atoms with Gasteiger partial charge in [-0.2, -0.15) is 5.10 Å². The molecular formula is C19H32N4O. The Balaban J connectivity index is 1.51. The minimum absolute atomic E-state index is 0.111. The average molecular weight is 332 g/mol. The van der Waals surface area contributed by atoms with Crippen molar-refractivity contribution in [3.05, 3.63) is 18.0 Å². The van der Waals surface area contributed by atoms with Crippen LogP contribution in [0, 0.1) is 11.8 Å². The standard InChI is InChI=1S/C19H32N4O/c1-15(2)5-6-16-7-11-22(12-8-16)19(24)18-9-13-23(21-18)17-4-3-10-20-14-17/h9,13,15-17,20H,3-8,10-12,14H2,1-2H3. The van der Waals surface area contributed by atoms with E-state index < -0.39 is 0 Å². The number of amides is 1. The summed E-state index contributed by atoms with van der Waals surface area (Å²) in [4.78, 5) is 14.7. The maximum absolute atomic E-state index is 12.7. The summed E-state index contributed by atoms with van der Waals surface area (Å²) in [6, 6.07) is 2.28. The van der Waals surface area contributed by atoms with Crippen LogP contribution in [0.3, 0.4) is 0 Å². The van der Waals surface area contributed by atoms with Crippen LogP contribution in [0.5, 0.6) is 0 Å². The summed E-state index contributed by atoms with van der Waals surface area (Å²) < 4.78 is 1.98. The van der Waals surface area contributed by atoms with Crippen molar-refractivity contribution >= 4 is 5.91 Å². The fraction of sp³-hybridized carbons (Fsp3) is 0.789. The average Bonchev–Trinajstić information content (AvgIpc) is 3.10. The van der Waals surface area contributed by atoms with Crippen molar-refractivity contribution in [3.8, 4) is 0 Å². The molecule has 0 aromatic carbocycles. The Morgan fingerprint density at radius 3 is 2.79 bits per heavy atom. The number of carbonyl (C=O) groups excluding carboxylic acids is 1. The quantitative estimate of drug-likeness (QED) is 0.901. The number of rotatable bonds is 5. The van der Waals surface area contributed by atoms with E-state index in [9.17, 15) is 4.79 Å². The molecule has 2 aliphatic rings. The number of nitrogens with one attached hydrogen (secondary N) is 1. The molecule has 1 aromatic rings. The molecule has 1 aromatic heterocycles. The van der Waals surface area contributed by atoms with Crippen LogP contribution in [0.4, 0.5) is 0 Å². The van der Waals surface area contributed by atoms with Crippen LogP contribution in [0.25, 0.3) is 0 Å². The van der Waals surface area contributed by atoms with E-state index in [0.29, 0.717) is 11.7 Å². The molecule has 0 radical (unpaired) electrons. The van der Waals surface area contributed by atoms with E-state index in [1.165, 1.54) is 19.3 Å². The van der Waals surface area contributed by atoms with E-state index in [-0.39, 0.29) is 5.91 Å². The zero-order chi connectivity index (χ0) is 16.9. The number of carbonyl (C=O) groups is 1. The Hall–Kier alpha value is -1.36. The maximum atomic E-state index is 12.7. The van der Waals surface area contributed by atoms with Gasteiger partial charge in [0.05, 0.1) is 6.04 Å². The Morgan fingerprint density at radius 2 is 2.12 bits per heavy atom. The summed E-state index contributed by atoms with van der Waals surface area (Å²) in [5.41, 5.74) is 0.612. The first-order valence-electron chi connectivity index (χ1n) is 9.68. The molecule has 1 unspecified atom stereocenters. The van der Waals surface area contributed by atoms with E-state index in [4.69, 9.17) is 0 Å². The molecule has 2 saturated heterocycles. The lowest BCUT2D eigenvalue weighted by Gasteiger charge is -2.32. The van der Waals surface area contributed by atoms with Gasteiger partial charge in [-0.1, -0.05) is 26.7 Å². The molecule has 24 heavy (non-hydrogen) atoms. The lowest BCUT2D eigenvalue weighted by molar-refractivity contribution is 0.0677. The van der Waals surface area contributed by atoms with Gasteiger partial charge >= 0.3 is 0 Å². The summed E-state index contributed by atoms with van der Waals surface area (Å²) >= 11 is 0. The molecule has 5 nitrogen and oxygen atoms in total. The molecule has 0 bridgehead atoms. The van der Waals surface area contributed by atoms with Crippen LogP contribution in [0.2, 0.25) is 0 Å². The normalized spacial score (nSPS) is 23.0. The van der Waals surface area contributed by atoms with E-state index in [2.05, 4.69) is 24.3 Å². The van der Waals surface area contributed by atoms with Gasteiger partial charge in [0.2, 0.25) is 0 Å². The smallest absolute Gasteiger partial charge is 0.274 e. The predicted molar refractivity (Wildman–Crippen MR) is 96.1 cm³/mol. The lowest BCUT2D eigenvalue weighted by atomic mass is 9.89. The number of hydrogen-bond donors (Lipinski definition) is 1. The van der Waals surface area contributed by atoms with Crippen molar-refractivity contribution in [2.75, 3.05) is 26.2 Å². The first-order chi connectivity index (χ1) is 11.6. The predicted octanol–water partition coefficient (Wildman–Crippen LogP) is 3.10. The number of likely N-dealkylation sites (tertiary alicyclic amines) is 1. The Kier molecular flexibility index (Phi) is 5.93. The van der Waals surface area contributed by atoms with Crippen LogP contribution in [-0.4, -0.2) is 46.8 Å². The molecule has 3 heterocycles. The van der Waals surface area contributed by atoms with Gasteiger partial charge in [0, 0.05) is 25.8 Å². The molecule has 0 spiro atoms. The fourth-order valence-corrected chi connectivity index (χ4v) is 3.87. The van der Waals surface area contributed by atoms with Crippen molar-refractivity contribution in [1.29, 1.82) is 0 Å². The third kappa shape index (κ3) is 4.38. The lowest BCUT2D eigenvalue weighted by Crippen LogP contribution is -2.39. The van der Waals surface area contributed by atoms with Gasteiger partial charge in [-0.25, -0.2) is 0 Å². The van der Waals surface area contributed by atoms with Crippen molar-refractivity contribution in [3.63, 3.8) is 0 Å². The second kappa shape index (κ2) is 8.15. The van der Waals surface area contributed by atoms with Crippen LogP contribution in [-0.2, 0) is 0 Å². The van der Waals surface area contributed by atoms with E-state index in [1.807, 2.05) is 21.8 Å². The zero-order valence-electron chi connectivity index (χ0n) is 15.2. The Morgan fingerprint density at radius 1 is 1.33 bits per heavy atom. The van der Waals surface area contributed by atoms with Crippen LogP contribution < -0.4 is 5.32 Å². The van der Waals surface area contributed by atoms with Crippen molar-refractivity contribution < 1.29 is 4.79 Å². The third-order valence-corrected chi connectivity index (χ3v) is 5.53. The third-order valence-electron chi connectivity index (χ3n) is 5.53. The second-order valence-corrected chi connectivity index (χ2v) is 7.89. The molecule has 1 amide bonds. The summed E-state index contributed by atoms with van der Waals surface area (Å²) in [7, 11) is 0. The monoisotopic (exact) mass is 332 g/mol. The highest BCUT2D eigenvalue weighted by atomic mass is 16.2. The summed E-state index contributed by atoms with van der Waals surface area (Å²) in [5.74, 6) is 1.69. The minimum atomic E-state index is 0.111. The first-order valence-corrected chi connectivity index (χ1v) is 9.68. The number of hydrogen-bond acceptors (Lipinski definition) is 3. The van der Waals surface area contributed by atoms with Gasteiger partial charge < -0.3 is 10.2 Å². The fourth-order valence-electron chi connectivity index (χ4n) is 3.87. The van der Waals surface area contributed by atoms with Crippen LogP contribution >= 0.6 is 0 Å². The van der Waals surface area contributed by atoms with Crippen molar-refractivity contribution in [1.82, 2.24) is 20.0 Å². The molecule has 5 heteroatoms. The maximum Gasteiger partial charge on any atom is 0.274 e. The van der Waals surface area contributed by atoms with E-state index in [0.717, 1.165) is 57.3 Å². The van der Waals surface area contributed by atoms with Crippen LogP contribution in [0.15, 0.2) is 12.3 Å². The van der Waals surface area contributed by atoms with Gasteiger partial charge in [0.25, 0.3) is 5.91 Å². The first kappa shape index (κ1) is 17.5. The molecule has 1 atom stereocenters. The van der Waals surface area contributed by atoms with Crippen LogP contribution in [0.1, 0.15) is 68.9 Å². The van der Waals surface area contributed by atoms with E-state index >= 15 is 0 Å². The Bertz CT molecular complexity index is 525. The van der Waals surface area contributed by atoms with Gasteiger partial charge in [-0.3, -0.25) is 9.48 Å². The molecular weight excluding hydrogens is 300 g/mol. The molecule has 134 valence electrons. The number of aromatic nitrogens is 2. The molecule has 2 aliphatic heterocycles. The molecule has 0 aliphatic carbocycles. The highest BCUT2D eigenvalue weighted by molar-refractivity contribution is 5.92. The second-order valence-electron chi connectivity index (χ2n) is 7.89. The SMILES string of the molecule is CC(C)CCC1CCN(C(=O)c2ccn(C3CCCNC3)n2)CC1. The number of nitrogens with zero attached hydrogens (tertiary/aromatic N) is 3. The summed E-state index contributed by atoms with van der Waals surface area (Å²) in [5, 5.41) is 7.98. The van der Waals surface area contributed by atoms with E-state index in [1.54, 1.807) is 0 Å². The van der Waals surface area contributed by atoms with Gasteiger partial charge in [-0.15, -0.1) is 0 Å². The minimum Gasteiger partial charge on any atom is -0.337 e. The molecule has 3 rings (SSSR count). The largest absolute Gasteiger partial charge is 0.337 e. The highest BCUT2D eigenvalue weighted by Crippen LogP contribution is 2.25. The summed E-state index contributed by atoms with van der Waals surface area (Å²) in [6.07, 6.45) is 9.19. The summed E-state index contributed by atoms with van der Waals surface area (Å²) in [6.45, 7) is 8.40.